The van der Waals surface area contributed by atoms with Gasteiger partial charge in [-0.25, -0.2) is 0 Å². The molecule has 5 nitrogen and oxygen atoms in total. The molecule has 0 aliphatic heterocycles. The Hall–Kier alpha value is -1.87. The zero-order valence-electron chi connectivity index (χ0n) is 14.0. The first-order chi connectivity index (χ1) is 11.9. The topological polar surface area (TPSA) is 63.7 Å². The third kappa shape index (κ3) is 4.57. The number of benzene rings is 1. The maximum absolute atomic E-state index is 5.79. The van der Waals surface area contributed by atoms with Gasteiger partial charge in [0.25, 0.3) is 0 Å². The summed E-state index contributed by atoms with van der Waals surface area (Å²) >= 11 is -0.378. The summed E-state index contributed by atoms with van der Waals surface area (Å²) in [4.78, 5) is 16.0. The van der Waals surface area contributed by atoms with E-state index in [2.05, 4.69) is 51.1 Å². The standard InChI is InChI=1S/C18H23AsN4O/c1-2-3-4-5-10-24-15-8-6-14(7-9-15)11-19-17-16-18(22-12-20-16)23-13-21-17/h6-9,12-13,19H,2-5,10-11H2,1H3,(H,20,21,22,23). The molecular weight excluding hydrogens is 363 g/mol. The van der Waals surface area contributed by atoms with Crippen molar-refractivity contribution in [1.82, 2.24) is 19.9 Å². The van der Waals surface area contributed by atoms with Crippen molar-refractivity contribution in [1.29, 1.82) is 0 Å². The number of unbranched alkanes of at least 4 members (excludes halogenated alkanes) is 3. The van der Waals surface area contributed by atoms with E-state index in [1.165, 1.54) is 24.8 Å². The Bertz CT molecular complexity index is 757. The Morgan fingerprint density at radius 3 is 2.75 bits per heavy atom. The number of rotatable bonds is 9. The van der Waals surface area contributed by atoms with Crippen molar-refractivity contribution >= 4 is 31.4 Å². The molecule has 2 aromatic heterocycles. The van der Waals surface area contributed by atoms with Gasteiger partial charge < -0.3 is 0 Å². The predicted octanol–water partition coefficient (Wildman–Crippen LogP) is 2.57. The summed E-state index contributed by atoms with van der Waals surface area (Å²) in [5.41, 5.74) is 3.08. The Morgan fingerprint density at radius 2 is 1.92 bits per heavy atom. The van der Waals surface area contributed by atoms with Crippen LogP contribution in [0.3, 0.4) is 0 Å². The van der Waals surface area contributed by atoms with Crippen LogP contribution < -0.4 is 9.22 Å². The van der Waals surface area contributed by atoms with Gasteiger partial charge in [-0.2, -0.15) is 0 Å². The first-order valence-corrected chi connectivity index (χ1v) is 11.0. The van der Waals surface area contributed by atoms with Gasteiger partial charge >= 0.3 is 149 Å². The van der Waals surface area contributed by atoms with Gasteiger partial charge in [-0.05, 0) is 0 Å². The van der Waals surface area contributed by atoms with Crippen LogP contribution in [0.2, 0.25) is 0 Å². The summed E-state index contributed by atoms with van der Waals surface area (Å²) in [6, 6.07) is 8.47. The fourth-order valence-electron chi connectivity index (χ4n) is 2.50. The number of aromatic nitrogens is 4. The molecule has 2 heterocycles. The molecule has 3 aromatic rings. The molecule has 1 atom stereocenters. The van der Waals surface area contributed by atoms with E-state index in [4.69, 9.17) is 4.74 Å². The number of hydrogen-bond acceptors (Lipinski definition) is 4. The van der Waals surface area contributed by atoms with Gasteiger partial charge in [0.15, 0.2) is 0 Å². The summed E-state index contributed by atoms with van der Waals surface area (Å²) in [7, 11) is 0. The molecule has 1 unspecified atom stereocenters. The van der Waals surface area contributed by atoms with Gasteiger partial charge in [-0.1, -0.05) is 0 Å². The summed E-state index contributed by atoms with van der Waals surface area (Å²) in [6.45, 7) is 3.03. The molecule has 3 rings (SSSR count). The molecule has 0 radical (unpaired) electrons. The molecule has 126 valence electrons. The van der Waals surface area contributed by atoms with Gasteiger partial charge in [-0.15, -0.1) is 0 Å². The van der Waals surface area contributed by atoms with Crippen LogP contribution in [0.25, 0.3) is 11.2 Å². The minimum absolute atomic E-state index is 0.378. The molecule has 24 heavy (non-hydrogen) atoms. The molecule has 0 spiro atoms. The van der Waals surface area contributed by atoms with Crippen molar-refractivity contribution in [2.45, 2.75) is 37.8 Å². The molecule has 1 aromatic carbocycles. The first-order valence-electron chi connectivity index (χ1n) is 8.46. The number of aromatic amines is 1. The summed E-state index contributed by atoms with van der Waals surface area (Å²) < 4.78 is 6.90. The van der Waals surface area contributed by atoms with Crippen molar-refractivity contribution in [3.05, 3.63) is 42.5 Å². The Morgan fingerprint density at radius 1 is 1.04 bits per heavy atom. The molecule has 0 aliphatic rings. The summed E-state index contributed by atoms with van der Waals surface area (Å²) in [5.74, 6) is 0.965. The Labute approximate surface area is 149 Å². The molecular formula is C18H23AsN4O. The fourth-order valence-corrected chi connectivity index (χ4v) is 4.82. The van der Waals surface area contributed by atoms with Gasteiger partial charge in [0.2, 0.25) is 0 Å². The third-order valence-electron chi connectivity index (χ3n) is 3.87. The average Bonchev–Trinajstić information content (AvgIpc) is 3.10. The van der Waals surface area contributed by atoms with E-state index in [0.29, 0.717) is 0 Å². The second-order valence-electron chi connectivity index (χ2n) is 5.73. The van der Waals surface area contributed by atoms with Gasteiger partial charge in [-0.3, -0.25) is 0 Å². The first kappa shape index (κ1) is 17.0. The van der Waals surface area contributed by atoms with Crippen LogP contribution in [0.5, 0.6) is 5.75 Å². The number of nitrogens with zero attached hydrogens (tertiary/aromatic N) is 3. The second kappa shape index (κ2) is 8.83. The zero-order chi connectivity index (χ0) is 16.6. The van der Waals surface area contributed by atoms with E-state index in [1.807, 2.05) is 0 Å². The third-order valence-corrected chi connectivity index (χ3v) is 6.56. The minimum atomic E-state index is -0.378. The van der Waals surface area contributed by atoms with Crippen LogP contribution in [0.15, 0.2) is 36.9 Å². The molecule has 0 aliphatic carbocycles. The van der Waals surface area contributed by atoms with Crippen molar-refractivity contribution in [2.24, 2.45) is 0 Å². The molecule has 0 saturated heterocycles. The molecule has 0 fully saturated rings. The molecule has 1 N–H and O–H groups in total. The number of H-pyrrole nitrogens is 1. The normalized spacial score (nSPS) is 11.5. The molecule has 0 bridgehead atoms. The van der Waals surface area contributed by atoms with E-state index in [1.54, 1.807) is 12.7 Å². The Kier molecular flexibility index (Phi) is 6.25. The van der Waals surface area contributed by atoms with Crippen LogP contribution in [0.1, 0.15) is 38.2 Å². The average molecular weight is 386 g/mol. The number of hydrogen-bond donors (Lipinski definition) is 1. The quantitative estimate of drug-likeness (QED) is 0.454. The molecule has 0 amide bonds. The Balaban J connectivity index is 1.50. The number of fused-ring (bicyclic) bond motifs is 1. The van der Waals surface area contributed by atoms with Gasteiger partial charge in [0, 0.05) is 0 Å². The van der Waals surface area contributed by atoms with E-state index in [0.717, 1.165) is 39.6 Å². The summed E-state index contributed by atoms with van der Waals surface area (Å²) in [6.07, 6.45) is 8.24. The van der Waals surface area contributed by atoms with Crippen molar-refractivity contribution in [3.63, 3.8) is 0 Å². The van der Waals surface area contributed by atoms with Crippen LogP contribution in [0.4, 0.5) is 0 Å². The van der Waals surface area contributed by atoms with Crippen LogP contribution in [-0.4, -0.2) is 42.3 Å². The van der Waals surface area contributed by atoms with Crippen LogP contribution in [0, 0.1) is 0 Å². The summed E-state index contributed by atoms with van der Waals surface area (Å²) in [5, 5.41) is 1.05. The maximum atomic E-state index is 5.79. The zero-order valence-corrected chi connectivity index (χ0v) is 16.1. The second-order valence-corrected chi connectivity index (χ2v) is 8.21. The van der Waals surface area contributed by atoms with Gasteiger partial charge in [0.1, 0.15) is 0 Å². The predicted molar refractivity (Wildman–Crippen MR) is 98.2 cm³/mol. The fraction of sp³-hybridized carbons (Fsp3) is 0.389. The van der Waals surface area contributed by atoms with Crippen LogP contribution in [-0.2, 0) is 5.21 Å². The van der Waals surface area contributed by atoms with E-state index < -0.39 is 0 Å². The van der Waals surface area contributed by atoms with E-state index in [-0.39, 0.29) is 15.8 Å². The van der Waals surface area contributed by atoms with Crippen molar-refractivity contribution in [3.8, 4) is 5.75 Å². The van der Waals surface area contributed by atoms with Gasteiger partial charge in [0.05, 0.1) is 0 Å². The number of ether oxygens (including phenoxy) is 1. The number of nitrogens with one attached hydrogen (secondary N) is 1. The van der Waals surface area contributed by atoms with Crippen molar-refractivity contribution in [2.75, 3.05) is 6.61 Å². The molecule has 0 saturated carbocycles. The monoisotopic (exact) mass is 386 g/mol. The SMILES string of the molecule is CCCCCCOc1ccc(C[AsH]c2ncnc3[nH]cnc23)cc1. The molecule has 6 heteroatoms. The van der Waals surface area contributed by atoms with Crippen molar-refractivity contribution < 1.29 is 4.74 Å². The van der Waals surface area contributed by atoms with E-state index >= 15 is 0 Å². The van der Waals surface area contributed by atoms with Crippen LogP contribution >= 0.6 is 0 Å². The van der Waals surface area contributed by atoms with E-state index in [9.17, 15) is 0 Å². The number of imidazole rings is 1.